The maximum absolute atomic E-state index is 12.3. The highest BCUT2D eigenvalue weighted by Crippen LogP contribution is 2.42. The third kappa shape index (κ3) is 1.80. The molecule has 0 unspecified atom stereocenters. The van der Waals surface area contributed by atoms with Gasteiger partial charge in [0.1, 0.15) is 5.82 Å². The standard InChI is InChI=1S/C16H19N3O2/c1-8(2)13-17-11-7-12-10(6-9(11)14(20)18-13)16(3,4)15(21)19(12)5/h6-8H,1-5H3,(H,17,18,20). The van der Waals surface area contributed by atoms with Crippen LogP contribution in [0.4, 0.5) is 5.69 Å². The summed E-state index contributed by atoms with van der Waals surface area (Å²) in [5.74, 6) is 0.846. The Hall–Kier alpha value is -2.17. The summed E-state index contributed by atoms with van der Waals surface area (Å²) in [7, 11) is 1.76. The molecule has 1 amide bonds. The summed E-state index contributed by atoms with van der Waals surface area (Å²) in [6.45, 7) is 7.73. The molecule has 0 aliphatic carbocycles. The number of nitrogens with zero attached hydrogens (tertiary/aromatic N) is 2. The van der Waals surface area contributed by atoms with Crippen molar-refractivity contribution >= 4 is 22.5 Å². The number of likely N-dealkylation sites (N-methyl/N-ethyl adjacent to an activating group) is 1. The van der Waals surface area contributed by atoms with Crippen LogP contribution in [0.3, 0.4) is 0 Å². The first-order valence-electron chi connectivity index (χ1n) is 7.10. The molecule has 2 heterocycles. The van der Waals surface area contributed by atoms with E-state index in [1.165, 1.54) is 0 Å². The molecule has 0 spiro atoms. The summed E-state index contributed by atoms with van der Waals surface area (Å²) in [5, 5.41) is 0.536. The second-order valence-corrected chi connectivity index (χ2v) is 6.48. The Bertz CT molecular complexity index is 818. The average Bonchev–Trinajstić information content (AvgIpc) is 2.58. The number of H-pyrrole nitrogens is 1. The number of anilines is 1. The molecule has 1 aliphatic rings. The molecular formula is C16H19N3O2. The van der Waals surface area contributed by atoms with Crippen molar-refractivity contribution in [2.75, 3.05) is 11.9 Å². The van der Waals surface area contributed by atoms with Gasteiger partial charge in [0.15, 0.2) is 0 Å². The van der Waals surface area contributed by atoms with Crippen molar-refractivity contribution in [3.05, 3.63) is 33.9 Å². The second kappa shape index (κ2) is 4.16. The fourth-order valence-corrected chi connectivity index (χ4v) is 2.89. The summed E-state index contributed by atoms with van der Waals surface area (Å²) >= 11 is 0. The third-order valence-electron chi connectivity index (χ3n) is 4.26. The van der Waals surface area contributed by atoms with E-state index < -0.39 is 5.41 Å². The lowest BCUT2D eigenvalue weighted by Crippen LogP contribution is -2.33. The average molecular weight is 285 g/mol. The highest BCUT2D eigenvalue weighted by atomic mass is 16.2. The van der Waals surface area contributed by atoms with Crippen molar-refractivity contribution in [1.82, 2.24) is 9.97 Å². The zero-order chi connectivity index (χ0) is 15.5. The molecule has 1 aromatic carbocycles. The van der Waals surface area contributed by atoms with Crippen molar-refractivity contribution < 1.29 is 4.79 Å². The maximum atomic E-state index is 12.3. The van der Waals surface area contributed by atoms with Crippen LogP contribution in [-0.4, -0.2) is 22.9 Å². The van der Waals surface area contributed by atoms with Crippen LogP contribution in [0.15, 0.2) is 16.9 Å². The lowest BCUT2D eigenvalue weighted by molar-refractivity contribution is -0.121. The fraction of sp³-hybridized carbons (Fsp3) is 0.438. The van der Waals surface area contributed by atoms with E-state index >= 15 is 0 Å². The molecule has 0 bridgehead atoms. The predicted molar refractivity (Wildman–Crippen MR) is 82.9 cm³/mol. The van der Waals surface area contributed by atoms with Gasteiger partial charge in [-0.15, -0.1) is 0 Å². The number of carbonyl (C=O) groups excluding carboxylic acids is 1. The number of amides is 1. The first-order chi connectivity index (χ1) is 9.73. The van der Waals surface area contributed by atoms with Gasteiger partial charge in [0.2, 0.25) is 5.91 Å². The van der Waals surface area contributed by atoms with Gasteiger partial charge in [0.05, 0.1) is 16.3 Å². The molecule has 5 nitrogen and oxygen atoms in total. The minimum Gasteiger partial charge on any atom is -0.314 e. The van der Waals surface area contributed by atoms with Crippen molar-refractivity contribution in [3.63, 3.8) is 0 Å². The van der Waals surface area contributed by atoms with Crippen LogP contribution in [0.2, 0.25) is 0 Å². The first kappa shape index (κ1) is 13.8. The van der Waals surface area contributed by atoms with Gasteiger partial charge < -0.3 is 9.88 Å². The Kier molecular flexibility index (Phi) is 2.74. The number of carbonyl (C=O) groups is 1. The smallest absolute Gasteiger partial charge is 0.258 e. The SMILES string of the molecule is CC(C)c1nc2cc3c(cc2c(=O)[nH]1)C(C)(C)C(=O)N3C. The van der Waals surface area contributed by atoms with Gasteiger partial charge >= 0.3 is 0 Å². The van der Waals surface area contributed by atoms with Crippen LogP contribution in [0.1, 0.15) is 45.0 Å². The quantitative estimate of drug-likeness (QED) is 0.874. The number of rotatable bonds is 1. The highest BCUT2D eigenvalue weighted by molar-refractivity contribution is 6.09. The molecule has 0 saturated heterocycles. The van der Waals surface area contributed by atoms with Gasteiger partial charge in [-0.1, -0.05) is 13.8 Å². The van der Waals surface area contributed by atoms with Gasteiger partial charge in [-0.05, 0) is 31.5 Å². The van der Waals surface area contributed by atoms with Gasteiger partial charge in [0.25, 0.3) is 5.56 Å². The Morgan fingerprint density at radius 1 is 1.24 bits per heavy atom. The number of benzene rings is 1. The van der Waals surface area contributed by atoms with E-state index in [0.717, 1.165) is 11.3 Å². The number of hydrogen-bond acceptors (Lipinski definition) is 3. The number of hydrogen-bond donors (Lipinski definition) is 1. The molecule has 21 heavy (non-hydrogen) atoms. The Morgan fingerprint density at radius 3 is 2.52 bits per heavy atom. The summed E-state index contributed by atoms with van der Waals surface area (Å²) in [6.07, 6.45) is 0. The lowest BCUT2D eigenvalue weighted by Gasteiger charge is -2.16. The third-order valence-corrected chi connectivity index (χ3v) is 4.26. The number of aromatic amines is 1. The normalized spacial score (nSPS) is 16.9. The zero-order valence-electron chi connectivity index (χ0n) is 12.9. The van der Waals surface area contributed by atoms with E-state index in [1.54, 1.807) is 11.9 Å². The van der Waals surface area contributed by atoms with Crippen molar-refractivity contribution in [3.8, 4) is 0 Å². The number of nitrogens with one attached hydrogen (secondary N) is 1. The van der Waals surface area contributed by atoms with E-state index in [4.69, 9.17) is 0 Å². The molecule has 0 radical (unpaired) electrons. The summed E-state index contributed by atoms with van der Waals surface area (Å²) in [4.78, 5) is 33.6. The van der Waals surface area contributed by atoms with Crippen LogP contribution in [-0.2, 0) is 10.2 Å². The topological polar surface area (TPSA) is 66.1 Å². The molecule has 5 heteroatoms. The van der Waals surface area contributed by atoms with E-state index in [9.17, 15) is 9.59 Å². The summed E-state index contributed by atoms with van der Waals surface area (Å²) < 4.78 is 0. The first-order valence-corrected chi connectivity index (χ1v) is 7.10. The van der Waals surface area contributed by atoms with Gasteiger partial charge in [-0.3, -0.25) is 9.59 Å². The highest BCUT2D eigenvalue weighted by Gasteiger charge is 2.42. The van der Waals surface area contributed by atoms with E-state index in [1.807, 2.05) is 39.8 Å². The lowest BCUT2D eigenvalue weighted by atomic mass is 9.85. The molecule has 110 valence electrons. The van der Waals surface area contributed by atoms with Crippen LogP contribution in [0, 0.1) is 0 Å². The minimum atomic E-state index is -0.610. The fourth-order valence-electron chi connectivity index (χ4n) is 2.89. The summed E-state index contributed by atoms with van der Waals surface area (Å²) in [5.41, 5.74) is 1.60. The van der Waals surface area contributed by atoms with Crippen LogP contribution in [0.25, 0.3) is 10.9 Å². The van der Waals surface area contributed by atoms with E-state index in [-0.39, 0.29) is 17.4 Å². The largest absolute Gasteiger partial charge is 0.314 e. The van der Waals surface area contributed by atoms with E-state index in [0.29, 0.717) is 16.7 Å². The predicted octanol–water partition coefficient (Wildman–Crippen LogP) is 2.30. The van der Waals surface area contributed by atoms with Gasteiger partial charge in [-0.25, -0.2) is 4.98 Å². The van der Waals surface area contributed by atoms with E-state index in [2.05, 4.69) is 9.97 Å². The monoisotopic (exact) mass is 285 g/mol. The van der Waals surface area contributed by atoms with Gasteiger partial charge in [0, 0.05) is 18.7 Å². The van der Waals surface area contributed by atoms with Crippen molar-refractivity contribution in [2.24, 2.45) is 0 Å². The molecule has 1 N–H and O–H groups in total. The minimum absolute atomic E-state index is 0.0355. The maximum Gasteiger partial charge on any atom is 0.258 e. The van der Waals surface area contributed by atoms with Crippen LogP contribution in [0.5, 0.6) is 0 Å². The summed E-state index contributed by atoms with van der Waals surface area (Å²) in [6, 6.07) is 3.65. The molecule has 0 fully saturated rings. The molecule has 3 rings (SSSR count). The number of aromatic nitrogens is 2. The Morgan fingerprint density at radius 2 is 1.90 bits per heavy atom. The second-order valence-electron chi connectivity index (χ2n) is 6.48. The van der Waals surface area contributed by atoms with Gasteiger partial charge in [-0.2, -0.15) is 0 Å². The van der Waals surface area contributed by atoms with Crippen LogP contribution >= 0.6 is 0 Å². The number of fused-ring (bicyclic) bond motifs is 2. The molecular weight excluding hydrogens is 266 g/mol. The van der Waals surface area contributed by atoms with Crippen molar-refractivity contribution in [2.45, 2.75) is 39.0 Å². The molecule has 2 aromatic rings. The van der Waals surface area contributed by atoms with Crippen molar-refractivity contribution in [1.29, 1.82) is 0 Å². The zero-order valence-corrected chi connectivity index (χ0v) is 12.9. The Balaban J connectivity index is 2.36. The molecule has 0 atom stereocenters. The molecule has 1 aliphatic heterocycles. The molecule has 1 aromatic heterocycles. The van der Waals surface area contributed by atoms with Crippen LogP contribution < -0.4 is 10.5 Å². The molecule has 0 saturated carbocycles. The Labute approximate surface area is 123 Å².